The third-order valence-electron chi connectivity index (χ3n) is 2.00. The highest BCUT2D eigenvalue weighted by Gasteiger charge is 1.96. The first kappa shape index (κ1) is 9.67. The summed E-state index contributed by atoms with van der Waals surface area (Å²) in [6, 6.07) is 8.45. The minimum atomic E-state index is 0.0903. The Hall–Kier alpha value is -1.42. The summed E-state index contributed by atoms with van der Waals surface area (Å²) in [6.45, 7) is 4.11. The minimum absolute atomic E-state index is 0.0903. The van der Waals surface area contributed by atoms with Gasteiger partial charge in [-0.05, 0) is 31.0 Å². The van der Waals surface area contributed by atoms with Crippen LogP contribution < -0.4 is 5.32 Å². The molecule has 0 spiro atoms. The van der Waals surface area contributed by atoms with E-state index in [0.717, 1.165) is 12.1 Å². The molecule has 0 aliphatic rings. The Morgan fingerprint density at radius 1 is 1.38 bits per heavy atom. The summed E-state index contributed by atoms with van der Waals surface area (Å²) < 4.78 is 0. The van der Waals surface area contributed by atoms with Crippen LogP contribution in [-0.4, -0.2) is 6.04 Å². The van der Waals surface area contributed by atoms with Crippen molar-refractivity contribution in [3.05, 3.63) is 29.8 Å². The number of benzene rings is 1. The molecular formula is C12H15N. The Labute approximate surface area is 80.2 Å². The van der Waals surface area contributed by atoms with Gasteiger partial charge >= 0.3 is 0 Å². The van der Waals surface area contributed by atoms with Crippen molar-refractivity contribution >= 4 is 5.69 Å². The summed E-state index contributed by atoms with van der Waals surface area (Å²) in [5.41, 5.74) is 2.43. The molecule has 0 bridgehead atoms. The van der Waals surface area contributed by atoms with Crippen LogP contribution in [0.15, 0.2) is 24.3 Å². The van der Waals surface area contributed by atoms with Crippen LogP contribution in [0.25, 0.3) is 0 Å². The van der Waals surface area contributed by atoms with Gasteiger partial charge in [0, 0.05) is 5.69 Å². The lowest BCUT2D eigenvalue weighted by Gasteiger charge is -2.09. The molecule has 1 atom stereocenters. The largest absolute Gasteiger partial charge is 0.372 e. The van der Waals surface area contributed by atoms with E-state index >= 15 is 0 Å². The van der Waals surface area contributed by atoms with Gasteiger partial charge in [0.2, 0.25) is 0 Å². The highest BCUT2D eigenvalue weighted by atomic mass is 14.9. The fourth-order valence-electron chi connectivity index (χ4n) is 1.13. The molecule has 0 saturated heterocycles. The number of rotatable bonds is 3. The predicted molar refractivity (Wildman–Crippen MR) is 57.7 cm³/mol. The van der Waals surface area contributed by atoms with Gasteiger partial charge in [0.25, 0.3) is 0 Å². The van der Waals surface area contributed by atoms with Gasteiger partial charge in [0.15, 0.2) is 0 Å². The van der Waals surface area contributed by atoms with E-state index < -0.39 is 0 Å². The standard InChI is InChI=1S/C12H15N/c1-4-10(3)13-12-8-6-11(5-2)7-9-12/h1,6-10,13H,5H2,2-3H3. The van der Waals surface area contributed by atoms with E-state index in [9.17, 15) is 0 Å². The van der Waals surface area contributed by atoms with E-state index in [1.807, 2.05) is 6.92 Å². The highest BCUT2D eigenvalue weighted by Crippen LogP contribution is 2.10. The van der Waals surface area contributed by atoms with Crippen molar-refractivity contribution < 1.29 is 0 Å². The van der Waals surface area contributed by atoms with Gasteiger partial charge < -0.3 is 5.32 Å². The molecule has 0 aliphatic carbocycles. The Bertz CT molecular complexity index is 292. The average molecular weight is 173 g/mol. The molecule has 1 aromatic rings. The summed E-state index contributed by atoms with van der Waals surface area (Å²) in [6.07, 6.45) is 6.34. The summed E-state index contributed by atoms with van der Waals surface area (Å²) >= 11 is 0. The molecule has 0 fully saturated rings. The molecule has 1 aromatic carbocycles. The zero-order valence-electron chi connectivity index (χ0n) is 8.17. The zero-order chi connectivity index (χ0) is 9.68. The van der Waals surface area contributed by atoms with Crippen molar-refractivity contribution in [3.8, 4) is 12.3 Å². The fourth-order valence-corrected chi connectivity index (χ4v) is 1.13. The van der Waals surface area contributed by atoms with Gasteiger partial charge in [-0.1, -0.05) is 25.0 Å². The van der Waals surface area contributed by atoms with E-state index in [1.54, 1.807) is 0 Å². The lowest BCUT2D eigenvalue weighted by atomic mass is 10.1. The number of hydrogen-bond acceptors (Lipinski definition) is 1. The number of terminal acetylenes is 1. The third kappa shape index (κ3) is 2.83. The van der Waals surface area contributed by atoms with Gasteiger partial charge in [-0.2, -0.15) is 0 Å². The minimum Gasteiger partial charge on any atom is -0.372 e. The second-order valence-corrected chi connectivity index (χ2v) is 3.08. The van der Waals surface area contributed by atoms with Gasteiger partial charge in [-0.15, -0.1) is 6.42 Å². The van der Waals surface area contributed by atoms with Crippen molar-refractivity contribution in [3.63, 3.8) is 0 Å². The molecule has 68 valence electrons. The topological polar surface area (TPSA) is 12.0 Å². The normalized spacial score (nSPS) is 11.8. The second-order valence-electron chi connectivity index (χ2n) is 3.08. The van der Waals surface area contributed by atoms with Crippen molar-refractivity contribution in [2.75, 3.05) is 5.32 Å². The Balaban J connectivity index is 2.65. The first-order chi connectivity index (χ1) is 6.26. The van der Waals surface area contributed by atoms with Crippen LogP contribution in [0.2, 0.25) is 0 Å². The number of aryl methyl sites for hydroxylation is 1. The van der Waals surface area contributed by atoms with Crippen LogP contribution in [0.3, 0.4) is 0 Å². The molecule has 1 heteroatoms. The van der Waals surface area contributed by atoms with Crippen LogP contribution in [-0.2, 0) is 6.42 Å². The molecule has 1 unspecified atom stereocenters. The van der Waals surface area contributed by atoms with Crippen LogP contribution in [0, 0.1) is 12.3 Å². The maximum atomic E-state index is 5.26. The Morgan fingerprint density at radius 2 is 2.00 bits per heavy atom. The van der Waals surface area contributed by atoms with Crippen molar-refractivity contribution in [1.29, 1.82) is 0 Å². The molecule has 0 aliphatic heterocycles. The molecule has 13 heavy (non-hydrogen) atoms. The lowest BCUT2D eigenvalue weighted by Crippen LogP contribution is -2.11. The van der Waals surface area contributed by atoms with Gasteiger partial charge in [0.05, 0.1) is 6.04 Å². The average Bonchev–Trinajstić information content (AvgIpc) is 2.19. The monoisotopic (exact) mass is 173 g/mol. The molecule has 0 radical (unpaired) electrons. The van der Waals surface area contributed by atoms with Gasteiger partial charge in [-0.3, -0.25) is 0 Å². The van der Waals surface area contributed by atoms with Crippen LogP contribution in [0.4, 0.5) is 5.69 Å². The van der Waals surface area contributed by atoms with Crippen LogP contribution >= 0.6 is 0 Å². The first-order valence-corrected chi connectivity index (χ1v) is 4.58. The van der Waals surface area contributed by atoms with Crippen LogP contribution in [0.5, 0.6) is 0 Å². The van der Waals surface area contributed by atoms with E-state index in [4.69, 9.17) is 6.42 Å². The SMILES string of the molecule is C#CC(C)Nc1ccc(CC)cc1. The van der Waals surface area contributed by atoms with Gasteiger partial charge in [-0.25, -0.2) is 0 Å². The first-order valence-electron chi connectivity index (χ1n) is 4.58. The Kier molecular flexibility index (Phi) is 3.40. The zero-order valence-corrected chi connectivity index (χ0v) is 8.17. The molecule has 1 N–H and O–H groups in total. The second kappa shape index (κ2) is 4.57. The van der Waals surface area contributed by atoms with E-state index in [0.29, 0.717) is 0 Å². The summed E-state index contributed by atoms with van der Waals surface area (Å²) in [5, 5.41) is 3.21. The molecule has 0 heterocycles. The quantitative estimate of drug-likeness (QED) is 0.693. The molecule has 0 saturated carbocycles. The third-order valence-corrected chi connectivity index (χ3v) is 2.00. The molecular weight excluding hydrogens is 158 g/mol. The Morgan fingerprint density at radius 3 is 2.46 bits per heavy atom. The maximum absolute atomic E-state index is 5.26. The van der Waals surface area contributed by atoms with Crippen molar-refractivity contribution in [2.24, 2.45) is 0 Å². The van der Waals surface area contributed by atoms with E-state index in [2.05, 4.69) is 42.4 Å². The van der Waals surface area contributed by atoms with Gasteiger partial charge in [0.1, 0.15) is 0 Å². The lowest BCUT2D eigenvalue weighted by molar-refractivity contribution is 1.03. The van der Waals surface area contributed by atoms with Crippen molar-refractivity contribution in [1.82, 2.24) is 0 Å². The fraction of sp³-hybridized carbons (Fsp3) is 0.333. The number of hydrogen-bond donors (Lipinski definition) is 1. The smallest absolute Gasteiger partial charge is 0.0845 e. The van der Waals surface area contributed by atoms with E-state index in [-0.39, 0.29) is 6.04 Å². The molecule has 1 rings (SSSR count). The summed E-state index contributed by atoms with van der Waals surface area (Å²) in [4.78, 5) is 0. The summed E-state index contributed by atoms with van der Waals surface area (Å²) in [7, 11) is 0. The predicted octanol–water partition coefficient (Wildman–Crippen LogP) is 2.68. The van der Waals surface area contributed by atoms with Crippen molar-refractivity contribution in [2.45, 2.75) is 26.3 Å². The maximum Gasteiger partial charge on any atom is 0.0845 e. The number of anilines is 1. The molecule has 1 nitrogen and oxygen atoms in total. The molecule has 0 amide bonds. The van der Waals surface area contributed by atoms with E-state index in [1.165, 1.54) is 5.56 Å². The number of nitrogens with one attached hydrogen (secondary N) is 1. The summed E-state index contributed by atoms with van der Waals surface area (Å²) in [5.74, 6) is 2.63. The molecule has 0 aromatic heterocycles. The van der Waals surface area contributed by atoms with Crippen LogP contribution in [0.1, 0.15) is 19.4 Å². The highest BCUT2D eigenvalue weighted by molar-refractivity contribution is 5.46.